The van der Waals surface area contributed by atoms with Gasteiger partial charge >= 0.3 is 0 Å². The van der Waals surface area contributed by atoms with Gasteiger partial charge in [-0.05, 0) is 20.3 Å². The molecule has 0 spiro atoms. The molecule has 1 aromatic rings. The molecule has 0 aliphatic rings. The maximum absolute atomic E-state index is 11.9. The van der Waals surface area contributed by atoms with E-state index in [0.29, 0.717) is 18.8 Å². The summed E-state index contributed by atoms with van der Waals surface area (Å²) in [5.74, 6) is 0.577. The van der Waals surface area contributed by atoms with E-state index in [1.807, 2.05) is 20.8 Å². The highest BCUT2D eigenvalue weighted by Gasteiger charge is 2.30. The Morgan fingerprint density at radius 1 is 1.73 bits per heavy atom. The Kier molecular flexibility index (Phi) is 3.47. The first-order chi connectivity index (χ1) is 7.03. The molecule has 0 fully saturated rings. The molecule has 0 aromatic carbocycles. The molecule has 0 aliphatic carbocycles. The van der Waals surface area contributed by atoms with Crippen molar-refractivity contribution in [3.05, 3.63) is 11.8 Å². The number of aryl methyl sites for hydroxylation is 1. The van der Waals surface area contributed by atoms with E-state index in [-0.39, 0.29) is 5.91 Å². The lowest BCUT2D eigenvalue weighted by atomic mass is 9.87. The number of carbonyl (C=O) groups is 1. The van der Waals surface area contributed by atoms with Crippen LogP contribution in [0.4, 0.5) is 5.82 Å². The Labute approximate surface area is 89.4 Å². The number of nitrogens with two attached hydrogens (primary N) is 1. The zero-order chi connectivity index (χ0) is 11.5. The first-order valence-corrected chi connectivity index (χ1v) is 5.05. The molecule has 84 valence electrons. The van der Waals surface area contributed by atoms with Gasteiger partial charge in [0.15, 0.2) is 0 Å². The van der Waals surface area contributed by atoms with Crippen LogP contribution in [0.1, 0.15) is 25.8 Å². The predicted octanol–water partition coefficient (Wildman–Crippen LogP) is 1.03. The Bertz CT molecular complexity index is 341. The lowest BCUT2D eigenvalue weighted by Gasteiger charge is -2.24. The highest BCUT2D eigenvalue weighted by Crippen LogP contribution is 2.22. The summed E-state index contributed by atoms with van der Waals surface area (Å²) in [7, 11) is 0. The van der Waals surface area contributed by atoms with Crippen molar-refractivity contribution in [1.29, 1.82) is 0 Å². The van der Waals surface area contributed by atoms with E-state index in [0.717, 1.165) is 5.56 Å². The zero-order valence-electron chi connectivity index (χ0n) is 9.42. The summed E-state index contributed by atoms with van der Waals surface area (Å²) in [6.45, 7) is 6.02. The number of H-pyrrole nitrogens is 1. The number of aromatic nitrogens is 2. The second kappa shape index (κ2) is 4.44. The van der Waals surface area contributed by atoms with Crippen LogP contribution in [-0.2, 0) is 4.79 Å². The second-order valence-electron chi connectivity index (χ2n) is 4.00. The molecule has 15 heavy (non-hydrogen) atoms. The molecule has 0 aliphatic heterocycles. The quantitative estimate of drug-likeness (QED) is 0.694. The average Bonchev–Trinajstić information content (AvgIpc) is 2.63. The fourth-order valence-corrected chi connectivity index (χ4v) is 1.13. The van der Waals surface area contributed by atoms with E-state index in [4.69, 9.17) is 5.73 Å². The topological polar surface area (TPSA) is 83.8 Å². The van der Waals surface area contributed by atoms with Crippen molar-refractivity contribution < 1.29 is 4.79 Å². The predicted molar refractivity (Wildman–Crippen MR) is 59.4 cm³/mol. The minimum absolute atomic E-state index is 0.0696. The van der Waals surface area contributed by atoms with Crippen LogP contribution in [0.15, 0.2) is 6.20 Å². The summed E-state index contributed by atoms with van der Waals surface area (Å²) in [5.41, 5.74) is 6.00. The molecule has 1 unspecified atom stereocenters. The van der Waals surface area contributed by atoms with E-state index in [1.54, 1.807) is 6.20 Å². The number of rotatable bonds is 4. The maximum Gasteiger partial charge on any atom is 0.232 e. The number of amides is 1. The third-order valence-corrected chi connectivity index (χ3v) is 2.85. The Morgan fingerprint density at radius 2 is 2.40 bits per heavy atom. The Balaban J connectivity index is 2.75. The van der Waals surface area contributed by atoms with Gasteiger partial charge in [0.2, 0.25) is 5.91 Å². The Morgan fingerprint density at radius 3 is 2.80 bits per heavy atom. The molecule has 1 heterocycles. The summed E-state index contributed by atoms with van der Waals surface area (Å²) in [4.78, 5) is 11.9. The maximum atomic E-state index is 11.9. The van der Waals surface area contributed by atoms with Crippen LogP contribution in [0.25, 0.3) is 0 Å². The second-order valence-corrected chi connectivity index (χ2v) is 4.00. The molecule has 1 amide bonds. The third-order valence-electron chi connectivity index (χ3n) is 2.85. The van der Waals surface area contributed by atoms with Crippen molar-refractivity contribution in [2.24, 2.45) is 11.1 Å². The standard InChI is InChI=1S/C10H18N4O/c1-4-10(3,6-11)9(15)13-8-7(2)5-12-14-8/h5H,4,6,11H2,1-3H3,(H2,12,13,14,15). The highest BCUT2D eigenvalue weighted by atomic mass is 16.2. The first kappa shape index (κ1) is 11.7. The van der Waals surface area contributed by atoms with E-state index in [9.17, 15) is 4.79 Å². The number of nitrogens with zero attached hydrogens (tertiary/aromatic N) is 1. The molecule has 0 radical (unpaired) electrons. The molecular formula is C10H18N4O. The van der Waals surface area contributed by atoms with Crippen LogP contribution in [-0.4, -0.2) is 22.6 Å². The van der Waals surface area contributed by atoms with Crippen molar-refractivity contribution in [1.82, 2.24) is 10.2 Å². The summed E-state index contributed by atoms with van der Waals surface area (Å²) in [6.07, 6.45) is 2.38. The lowest BCUT2D eigenvalue weighted by Crippen LogP contribution is -2.39. The molecule has 5 nitrogen and oxygen atoms in total. The van der Waals surface area contributed by atoms with Gasteiger partial charge in [-0.2, -0.15) is 5.10 Å². The van der Waals surface area contributed by atoms with Gasteiger partial charge < -0.3 is 11.1 Å². The number of anilines is 1. The molecule has 4 N–H and O–H groups in total. The van der Waals surface area contributed by atoms with Crippen molar-refractivity contribution in [3.63, 3.8) is 0 Å². The minimum Gasteiger partial charge on any atom is -0.329 e. The fraction of sp³-hybridized carbons (Fsp3) is 0.600. The van der Waals surface area contributed by atoms with Crippen LogP contribution >= 0.6 is 0 Å². The molecule has 1 rings (SSSR count). The molecular weight excluding hydrogens is 192 g/mol. The van der Waals surface area contributed by atoms with E-state index in [1.165, 1.54) is 0 Å². The van der Waals surface area contributed by atoms with Gasteiger partial charge in [0, 0.05) is 12.1 Å². The minimum atomic E-state index is -0.516. The number of aromatic amines is 1. The van der Waals surface area contributed by atoms with Gasteiger partial charge in [-0.15, -0.1) is 0 Å². The largest absolute Gasteiger partial charge is 0.329 e. The van der Waals surface area contributed by atoms with E-state index >= 15 is 0 Å². The van der Waals surface area contributed by atoms with Crippen molar-refractivity contribution in [2.75, 3.05) is 11.9 Å². The van der Waals surface area contributed by atoms with E-state index < -0.39 is 5.41 Å². The number of carbonyl (C=O) groups excluding carboxylic acids is 1. The molecule has 0 bridgehead atoms. The summed E-state index contributed by atoms with van der Waals surface area (Å²) in [5, 5.41) is 9.37. The van der Waals surface area contributed by atoms with Crippen molar-refractivity contribution in [2.45, 2.75) is 27.2 Å². The van der Waals surface area contributed by atoms with Crippen LogP contribution in [0.2, 0.25) is 0 Å². The van der Waals surface area contributed by atoms with Gasteiger partial charge in [0.05, 0.1) is 11.6 Å². The lowest BCUT2D eigenvalue weighted by molar-refractivity contribution is -0.124. The van der Waals surface area contributed by atoms with Crippen molar-refractivity contribution >= 4 is 11.7 Å². The SMILES string of the molecule is CCC(C)(CN)C(=O)Nc1[nH]ncc1C. The summed E-state index contributed by atoms with van der Waals surface area (Å²) in [6, 6.07) is 0. The molecule has 0 saturated heterocycles. The van der Waals surface area contributed by atoms with Gasteiger partial charge in [-0.1, -0.05) is 6.92 Å². The van der Waals surface area contributed by atoms with Gasteiger partial charge in [0.1, 0.15) is 5.82 Å². The number of nitrogens with one attached hydrogen (secondary N) is 2. The zero-order valence-corrected chi connectivity index (χ0v) is 9.42. The van der Waals surface area contributed by atoms with Crippen LogP contribution in [0, 0.1) is 12.3 Å². The van der Waals surface area contributed by atoms with Crippen LogP contribution in [0.5, 0.6) is 0 Å². The molecule has 0 saturated carbocycles. The smallest absolute Gasteiger partial charge is 0.232 e. The van der Waals surface area contributed by atoms with Gasteiger partial charge in [-0.25, -0.2) is 0 Å². The highest BCUT2D eigenvalue weighted by molar-refractivity contribution is 5.94. The van der Waals surface area contributed by atoms with Gasteiger partial charge in [0.25, 0.3) is 0 Å². The third kappa shape index (κ3) is 2.36. The first-order valence-electron chi connectivity index (χ1n) is 5.05. The molecule has 1 atom stereocenters. The number of hydrogen-bond acceptors (Lipinski definition) is 3. The van der Waals surface area contributed by atoms with Crippen LogP contribution in [0.3, 0.4) is 0 Å². The Hall–Kier alpha value is -1.36. The molecule has 5 heteroatoms. The fourth-order valence-electron chi connectivity index (χ4n) is 1.13. The monoisotopic (exact) mass is 210 g/mol. The average molecular weight is 210 g/mol. The van der Waals surface area contributed by atoms with E-state index in [2.05, 4.69) is 15.5 Å². The molecule has 1 aromatic heterocycles. The number of hydrogen-bond donors (Lipinski definition) is 3. The van der Waals surface area contributed by atoms with Crippen molar-refractivity contribution in [3.8, 4) is 0 Å². The summed E-state index contributed by atoms with van der Waals surface area (Å²) >= 11 is 0. The van der Waals surface area contributed by atoms with Crippen LogP contribution < -0.4 is 11.1 Å². The van der Waals surface area contributed by atoms with Gasteiger partial charge in [-0.3, -0.25) is 9.89 Å². The summed E-state index contributed by atoms with van der Waals surface area (Å²) < 4.78 is 0. The normalized spacial score (nSPS) is 14.7.